The first kappa shape index (κ1) is 29.6. The van der Waals surface area contributed by atoms with Crippen LogP contribution in [-0.4, -0.2) is 38.4 Å². The van der Waals surface area contributed by atoms with E-state index in [0.29, 0.717) is 13.0 Å². The summed E-state index contributed by atoms with van der Waals surface area (Å²) in [5, 5.41) is 5.49. The summed E-state index contributed by atoms with van der Waals surface area (Å²) in [5.41, 5.74) is 1.82. The minimum absolute atomic E-state index is 0.141. The zero-order chi connectivity index (χ0) is 28.3. The van der Waals surface area contributed by atoms with Crippen molar-refractivity contribution in [1.82, 2.24) is 4.98 Å². The zero-order valence-corrected chi connectivity index (χ0v) is 26.3. The summed E-state index contributed by atoms with van der Waals surface area (Å²) in [6, 6.07) is 21.5. The van der Waals surface area contributed by atoms with Gasteiger partial charge in [0.15, 0.2) is 6.29 Å². The Morgan fingerprint density at radius 2 is 1.72 bits per heavy atom. The minimum atomic E-state index is -2.80. The van der Waals surface area contributed by atoms with E-state index in [1.165, 1.54) is 10.4 Å². The summed E-state index contributed by atoms with van der Waals surface area (Å²) < 4.78 is 20.8. The van der Waals surface area contributed by atoms with Crippen LogP contribution in [-0.2, 0) is 13.9 Å². The van der Waals surface area contributed by atoms with Gasteiger partial charge >= 0.3 is 0 Å². The van der Waals surface area contributed by atoms with Crippen molar-refractivity contribution in [2.24, 2.45) is 5.41 Å². The molecule has 4 nitrogen and oxygen atoms in total. The van der Waals surface area contributed by atoms with Gasteiger partial charge in [0.05, 0.1) is 23.4 Å². The topological polar surface area (TPSA) is 40.6 Å². The molecule has 3 atom stereocenters. The maximum atomic E-state index is 7.58. The van der Waals surface area contributed by atoms with Gasteiger partial charge in [0.25, 0.3) is 8.32 Å². The smallest absolute Gasteiger partial charge is 0.261 e. The standard InChI is InChI=1S/C33H43NO3SSi/c1-9-16-29(24(2)21-26-22-38-25(3)34-26)36-31-30(33(7,8)23-35-31)37-39(32(4,5)6,27-17-12-10-13-18-27)28-19-14-11-15-20-28/h9-15,17-22,29-31H,1,16,23H2,2-8H3/b24-21+/t29-,30+,31+/m0/s1. The number of ether oxygens (including phenoxy) is 2. The van der Waals surface area contributed by atoms with Crippen molar-refractivity contribution in [3.05, 3.63) is 95.0 Å². The molecule has 0 saturated carbocycles. The van der Waals surface area contributed by atoms with Gasteiger partial charge < -0.3 is 13.9 Å². The Hall–Kier alpha value is -2.35. The van der Waals surface area contributed by atoms with Gasteiger partial charge in [0.2, 0.25) is 0 Å². The average molecular weight is 562 g/mol. The van der Waals surface area contributed by atoms with Gasteiger partial charge in [0, 0.05) is 10.8 Å². The molecular weight excluding hydrogens is 519 g/mol. The zero-order valence-electron chi connectivity index (χ0n) is 24.4. The Balaban J connectivity index is 1.75. The lowest BCUT2D eigenvalue weighted by atomic mass is 9.89. The van der Waals surface area contributed by atoms with Gasteiger partial charge in [-0.1, -0.05) is 101 Å². The Bertz CT molecular complexity index is 1220. The third kappa shape index (κ3) is 6.36. The average Bonchev–Trinajstić information content (AvgIpc) is 3.43. The van der Waals surface area contributed by atoms with Gasteiger partial charge in [-0.25, -0.2) is 4.98 Å². The molecule has 39 heavy (non-hydrogen) atoms. The van der Waals surface area contributed by atoms with Crippen LogP contribution in [0, 0.1) is 12.3 Å². The van der Waals surface area contributed by atoms with Gasteiger partial charge in [0.1, 0.15) is 6.10 Å². The second-order valence-corrected chi connectivity index (χ2v) is 17.5. The molecule has 1 aromatic heterocycles. The highest BCUT2D eigenvalue weighted by atomic mass is 32.1. The highest BCUT2D eigenvalue weighted by molar-refractivity contribution is 7.09. The summed E-state index contributed by atoms with van der Waals surface area (Å²) >= 11 is 1.65. The minimum Gasteiger partial charge on any atom is -0.399 e. The number of aryl methyl sites for hydroxylation is 1. The molecule has 208 valence electrons. The lowest BCUT2D eigenvalue weighted by molar-refractivity contribution is -0.167. The van der Waals surface area contributed by atoms with E-state index in [1.54, 1.807) is 11.3 Å². The van der Waals surface area contributed by atoms with Crippen LogP contribution >= 0.6 is 11.3 Å². The molecular formula is C33H43NO3SSi. The number of rotatable bonds is 10. The van der Waals surface area contributed by atoms with Crippen molar-refractivity contribution in [1.29, 1.82) is 0 Å². The van der Waals surface area contributed by atoms with E-state index in [-0.39, 0.29) is 22.7 Å². The largest absolute Gasteiger partial charge is 0.399 e. The van der Waals surface area contributed by atoms with E-state index in [1.807, 2.05) is 13.0 Å². The van der Waals surface area contributed by atoms with E-state index in [9.17, 15) is 0 Å². The number of thiazole rings is 1. The fourth-order valence-electron chi connectivity index (χ4n) is 5.48. The normalized spacial score (nSPS) is 20.6. The van der Waals surface area contributed by atoms with Crippen LogP contribution < -0.4 is 10.4 Å². The summed E-state index contributed by atoms with van der Waals surface area (Å²) in [5.74, 6) is 0. The molecule has 4 rings (SSSR count). The summed E-state index contributed by atoms with van der Waals surface area (Å²) in [4.78, 5) is 4.62. The molecule has 0 bridgehead atoms. The second-order valence-electron chi connectivity index (χ2n) is 12.2. The maximum absolute atomic E-state index is 7.58. The second kappa shape index (κ2) is 12.0. The highest BCUT2D eigenvalue weighted by Gasteiger charge is 2.56. The Kier molecular flexibility index (Phi) is 9.14. The number of benzene rings is 2. The molecule has 3 aromatic rings. The Morgan fingerprint density at radius 1 is 1.13 bits per heavy atom. The monoisotopic (exact) mass is 561 g/mol. The molecule has 2 heterocycles. The van der Waals surface area contributed by atoms with Gasteiger partial charge in [-0.2, -0.15) is 0 Å². The van der Waals surface area contributed by atoms with Gasteiger partial charge in [-0.05, 0) is 47.3 Å². The van der Waals surface area contributed by atoms with E-state index in [2.05, 4.69) is 125 Å². The maximum Gasteiger partial charge on any atom is 0.261 e. The van der Waals surface area contributed by atoms with Crippen molar-refractivity contribution < 1.29 is 13.9 Å². The number of nitrogens with zero attached hydrogens (tertiary/aromatic N) is 1. The van der Waals surface area contributed by atoms with Gasteiger partial charge in [-0.3, -0.25) is 0 Å². The van der Waals surface area contributed by atoms with Crippen molar-refractivity contribution in [3.8, 4) is 0 Å². The molecule has 0 unspecified atom stereocenters. The highest BCUT2D eigenvalue weighted by Crippen LogP contribution is 2.44. The van der Waals surface area contributed by atoms with E-state index >= 15 is 0 Å². The molecule has 0 N–H and O–H groups in total. The third-order valence-electron chi connectivity index (χ3n) is 7.56. The van der Waals surface area contributed by atoms with Crippen LogP contribution in [0.1, 0.15) is 58.7 Å². The van der Waals surface area contributed by atoms with Crippen LogP contribution in [0.25, 0.3) is 6.08 Å². The van der Waals surface area contributed by atoms with Crippen molar-refractivity contribution >= 4 is 36.1 Å². The van der Waals surface area contributed by atoms with Crippen molar-refractivity contribution in [2.45, 2.75) is 78.4 Å². The van der Waals surface area contributed by atoms with Gasteiger partial charge in [-0.15, -0.1) is 17.9 Å². The molecule has 1 saturated heterocycles. The summed E-state index contributed by atoms with van der Waals surface area (Å²) in [7, 11) is -2.80. The van der Waals surface area contributed by atoms with E-state index < -0.39 is 14.6 Å². The first-order valence-electron chi connectivity index (χ1n) is 13.7. The number of aromatic nitrogens is 1. The quantitative estimate of drug-likeness (QED) is 0.195. The number of hydrogen-bond donors (Lipinski definition) is 0. The molecule has 1 fully saturated rings. The summed E-state index contributed by atoms with van der Waals surface area (Å²) in [6.45, 7) is 20.1. The molecule has 1 aliphatic heterocycles. The SMILES string of the molecule is C=CC[C@H](O[C@H]1OCC(C)(C)[C@@H]1O[Si](c1ccccc1)(c1ccccc1)C(C)(C)C)/C(C)=C/c1csc(C)n1. The van der Waals surface area contributed by atoms with Crippen molar-refractivity contribution in [3.63, 3.8) is 0 Å². The summed E-state index contributed by atoms with van der Waals surface area (Å²) in [6.07, 6.45) is 3.74. The Labute approximate surface area is 239 Å². The van der Waals surface area contributed by atoms with Crippen LogP contribution in [0.3, 0.4) is 0 Å². The van der Waals surface area contributed by atoms with Crippen molar-refractivity contribution in [2.75, 3.05) is 6.61 Å². The fraction of sp³-hybridized carbons (Fsp3) is 0.424. The number of hydrogen-bond acceptors (Lipinski definition) is 5. The first-order valence-corrected chi connectivity index (χ1v) is 16.5. The third-order valence-corrected chi connectivity index (χ3v) is 13.4. The lowest BCUT2D eigenvalue weighted by Gasteiger charge is -2.47. The molecule has 1 aliphatic rings. The molecule has 0 spiro atoms. The predicted molar refractivity (Wildman–Crippen MR) is 166 cm³/mol. The van der Waals surface area contributed by atoms with Crippen LogP contribution in [0.5, 0.6) is 0 Å². The lowest BCUT2D eigenvalue weighted by Crippen LogP contribution is -2.69. The van der Waals surface area contributed by atoms with Crippen LogP contribution in [0.15, 0.2) is 84.3 Å². The van der Waals surface area contributed by atoms with Crippen LogP contribution in [0.4, 0.5) is 0 Å². The Morgan fingerprint density at radius 3 is 2.21 bits per heavy atom. The van der Waals surface area contributed by atoms with E-state index in [4.69, 9.17) is 13.9 Å². The predicted octanol–water partition coefficient (Wildman–Crippen LogP) is 7.14. The first-order chi connectivity index (χ1) is 18.5. The molecule has 0 aliphatic carbocycles. The van der Waals surface area contributed by atoms with E-state index in [0.717, 1.165) is 16.3 Å². The fourth-order valence-corrected chi connectivity index (χ4v) is 10.9. The molecule has 0 amide bonds. The molecule has 2 aromatic carbocycles. The molecule has 6 heteroatoms. The van der Waals surface area contributed by atoms with Crippen LogP contribution in [0.2, 0.25) is 5.04 Å². The molecule has 0 radical (unpaired) electrons.